The summed E-state index contributed by atoms with van der Waals surface area (Å²) in [6.45, 7) is 0. The van der Waals surface area contributed by atoms with E-state index < -0.39 is 0 Å². The fraction of sp³-hybridized carbons (Fsp3) is 0.0204. The number of anilines is 2. The van der Waals surface area contributed by atoms with Crippen LogP contribution in [0.2, 0.25) is 0 Å². The highest BCUT2D eigenvalue weighted by atomic mass is 15.0. The first kappa shape index (κ1) is 31.6. The van der Waals surface area contributed by atoms with E-state index in [-0.39, 0.29) is 0 Å². The van der Waals surface area contributed by atoms with Gasteiger partial charge in [0.05, 0.1) is 11.0 Å². The molecule has 1 N–H and O–H groups in total. The highest BCUT2D eigenvalue weighted by molar-refractivity contribution is 6.09. The van der Waals surface area contributed by atoms with Crippen LogP contribution in [0.1, 0.15) is 12.0 Å². The second kappa shape index (κ2) is 14.9. The number of hydrogen-bond donors (Lipinski definition) is 1. The molecule has 0 bridgehead atoms. The maximum atomic E-state index is 3.52. The van der Waals surface area contributed by atoms with Crippen LogP contribution in [0.3, 0.4) is 0 Å². The molecule has 9 rings (SSSR count). The van der Waals surface area contributed by atoms with Crippen molar-refractivity contribution in [3.63, 3.8) is 0 Å². The molecule has 1 aliphatic rings. The summed E-state index contributed by atoms with van der Waals surface area (Å²) in [5.41, 5.74) is 13.2. The van der Waals surface area contributed by atoms with E-state index in [1.807, 2.05) is 12.1 Å². The summed E-state index contributed by atoms with van der Waals surface area (Å²) >= 11 is 0. The van der Waals surface area contributed by atoms with Crippen LogP contribution in [0.4, 0.5) is 11.4 Å². The van der Waals surface area contributed by atoms with Crippen LogP contribution in [0.15, 0.2) is 212 Å². The predicted molar refractivity (Wildman–Crippen MR) is 219 cm³/mol. The van der Waals surface area contributed by atoms with Gasteiger partial charge in [0, 0.05) is 27.8 Å². The molecule has 0 amide bonds. The Morgan fingerprint density at radius 1 is 0.392 bits per heavy atom. The molecule has 0 saturated carbocycles. The number of para-hydroxylation sites is 2. The van der Waals surface area contributed by atoms with Crippen molar-refractivity contribution in [3.05, 3.63) is 218 Å². The Bertz CT molecular complexity index is 2410. The third-order valence-corrected chi connectivity index (χ3v) is 9.31. The summed E-state index contributed by atoms with van der Waals surface area (Å²) in [7, 11) is 0. The predicted octanol–water partition coefficient (Wildman–Crippen LogP) is 13.4. The van der Waals surface area contributed by atoms with E-state index >= 15 is 0 Å². The van der Waals surface area contributed by atoms with Crippen molar-refractivity contribution in [3.8, 4) is 27.9 Å². The van der Waals surface area contributed by atoms with Gasteiger partial charge in [-0.2, -0.15) is 0 Å². The van der Waals surface area contributed by atoms with Gasteiger partial charge in [-0.15, -0.1) is 0 Å². The molecular weight excluding hydrogens is 617 g/mol. The maximum absolute atomic E-state index is 3.52. The molecule has 7 aromatic carbocycles. The van der Waals surface area contributed by atoms with E-state index in [2.05, 4.69) is 210 Å². The van der Waals surface area contributed by atoms with E-state index in [0.29, 0.717) is 0 Å². The van der Waals surface area contributed by atoms with E-state index in [0.717, 1.165) is 17.8 Å². The smallest absolute Gasteiger partial charge is 0.0541 e. The lowest BCUT2D eigenvalue weighted by atomic mass is 10.0. The Hall–Kier alpha value is -6.64. The lowest BCUT2D eigenvalue weighted by Gasteiger charge is -2.11. The summed E-state index contributed by atoms with van der Waals surface area (Å²) in [4.78, 5) is 0. The molecule has 1 heterocycles. The van der Waals surface area contributed by atoms with Crippen molar-refractivity contribution < 1.29 is 0 Å². The van der Waals surface area contributed by atoms with Crippen LogP contribution in [0.25, 0.3) is 55.3 Å². The Morgan fingerprint density at radius 3 is 1.39 bits per heavy atom. The highest BCUT2D eigenvalue weighted by Crippen LogP contribution is 2.33. The second-order valence-electron chi connectivity index (χ2n) is 12.6. The van der Waals surface area contributed by atoms with Crippen molar-refractivity contribution in [2.24, 2.45) is 0 Å². The molecule has 8 aromatic rings. The van der Waals surface area contributed by atoms with Gasteiger partial charge in [-0.05, 0) is 88.3 Å². The van der Waals surface area contributed by atoms with Gasteiger partial charge < -0.3 is 9.88 Å². The van der Waals surface area contributed by atoms with E-state index in [1.54, 1.807) is 0 Å². The van der Waals surface area contributed by atoms with E-state index in [1.165, 1.54) is 60.9 Å². The molecule has 0 aliphatic heterocycles. The second-order valence-corrected chi connectivity index (χ2v) is 12.6. The topological polar surface area (TPSA) is 17.0 Å². The van der Waals surface area contributed by atoms with Gasteiger partial charge in [0.2, 0.25) is 0 Å². The number of allylic oxidation sites excluding steroid dienone is 6. The maximum Gasteiger partial charge on any atom is 0.0541 e. The quantitative estimate of drug-likeness (QED) is 0.189. The third kappa shape index (κ3) is 7.08. The molecule has 0 saturated heterocycles. The van der Waals surface area contributed by atoms with Gasteiger partial charge >= 0.3 is 0 Å². The molecule has 0 unspecified atom stereocenters. The number of fused-ring (bicyclic) bond motifs is 3. The first-order valence-corrected chi connectivity index (χ1v) is 17.5. The molecule has 0 fully saturated rings. The molecule has 244 valence electrons. The van der Waals surface area contributed by atoms with Gasteiger partial charge in [0.25, 0.3) is 0 Å². The normalized spacial score (nSPS) is 12.2. The van der Waals surface area contributed by atoms with Gasteiger partial charge in [-0.1, -0.05) is 164 Å². The fourth-order valence-electron chi connectivity index (χ4n) is 6.72. The van der Waals surface area contributed by atoms with Crippen molar-refractivity contribution in [2.45, 2.75) is 6.42 Å². The van der Waals surface area contributed by atoms with Crippen LogP contribution >= 0.6 is 0 Å². The first-order valence-electron chi connectivity index (χ1n) is 17.5. The Balaban J connectivity index is 0.000000242. The molecule has 51 heavy (non-hydrogen) atoms. The molecule has 1 aromatic heterocycles. The number of rotatable bonds is 6. The summed E-state index contributed by atoms with van der Waals surface area (Å²) in [5.74, 6) is 0. The molecule has 0 radical (unpaired) electrons. The molecular formula is C49H38N2. The summed E-state index contributed by atoms with van der Waals surface area (Å²) in [6.07, 6.45) is 11.8. The van der Waals surface area contributed by atoms with Crippen LogP contribution in [0.5, 0.6) is 0 Å². The summed E-state index contributed by atoms with van der Waals surface area (Å²) in [6, 6.07) is 64.2. The number of benzene rings is 7. The van der Waals surface area contributed by atoms with Crippen LogP contribution in [-0.2, 0) is 0 Å². The van der Waals surface area contributed by atoms with Gasteiger partial charge in [0.1, 0.15) is 0 Å². The van der Waals surface area contributed by atoms with E-state index in [9.17, 15) is 0 Å². The Kier molecular flexibility index (Phi) is 9.21. The fourth-order valence-corrected chi connectivity index (χ4v) is 6.72. The largest absolute Gasteiger partial charge is 0.356 e. The van der Waals surface area contributed by atoms with Crippen molar-refractivity contribution >= 4 is 38.8 Å². The molecule has 0 spiro atoms. The average molecular weight is 655 g/mol. The standard InChI is InChI=1S/C36H26N2.C13H12/c1-2-8-26(9-3-1)27-14-20-30(21-15-27)37-31-22-16-28(17-23-31)29-18-24-32(25-19-29)38-35-12-6-4-10-33(35)34-11-5-7-13-36(34)38;1-2-5-9-12(8-4-1)13-10-6-3-7-11-13/h1-25,37H;1-4,6-11H,5H2. The van der Waals surface area contributed by atoms with Crippen molar-refractivity contribution in [1.29, 1.82) is 0 Å². The number of nitrogens with zero attached hydrogens (tertiary/aromatic N) is 1. The number of nitrogens with one attached hydrogen (secondary N) is 1. The Labute approximate surface area is 300 Å². The van der Waals surface area contributed by atoms with Crippen molar-refractivity contribution in [2.75, 3.05) is 5.32 Å². The van der Waals surface area contributed by atoms with Gasteiger partial charge in [-0.3, -0.25) is 0 Å². The Morgan fingerprint density at radius 2 is 0.843 bits per heavy atom. The van der Waals surface area contributed by atoms with Crippen molar-refractivity contribution in [1.82, 2.24) is 4.57 Å². The van der Waals surface area contributed by atoms with Crippen LogP contribution < -0.4 is 5.32 Å². The third-order valence-electron chi connectivity index (χ3n) is 9.31. The SMILES string of the molecule is C1=CCC=C(c2ccccc2)C=C1.c1ccc(-c2ccc(Nc3ccc(-c4ccc(-n5c6ccccc6c6ccccc65)cc4)cc3)cc2)cc1. The van der Waals surface area contributed by atoms with E-state index in [4.69, 9.17) is 0 Å². The molecule has 2 nitrogen and oxygen atoms in total. The lowest BCUT2D eigenvalue weighted by molar-refractivity contribution is 1.18. The van der Waals surface area contributed by atoms with Crippen LogP contribution in [0, 0.1) is 0 Å². The minimum atomic E-state index is 1.03. The number of aromatic nitrogens is 1. The molecule has 2 heteroatoms. The van der Waals surface area contributed by atoms with Gasteiger partial charge in [-0.25, -0.2) is 0 Å². The average Bonchev–Trinajstić information content (AvgIpc) is 3.32. The summed E-state index contributed by atoms with van der Waals surface area (Å²) < 4.78 is 2.35. The molecule has 1 aliphatic carbocycles. The molecule has 0 atom stereocenters. The zero-order chi connectivity index (χ0) is 34.2. The minimum Gasteiger partial charge on any atom is -0.356 e. The number of hydrogen-bond acceptors (Lipinski definition) is 1. The first-order chi connectivity index (χ1) is 25.3. The summed E-state index contributed by atoms with van der Waals surface area (Å²) in [5, 5.41) is 6.08. The monoisotopic (exact) mass is 654 g/mol. The zero-order valence-electron chi connectivity index (χ0n) is 28.4. The minimum absolute atomic E-state index is 1.03. The van der Waals surface area contributed by atoms with Crippen LogP contribution in [-0.4, -0.2) is 4.57 Å². The zero-order valence-corrected chi connectivity index (χ0v) is 28.4. The lowest BCUT2D eigenvalue weighted by Crippen LogP contribution is -1.93. The highest BCUT2D eigenvalue weighted by Gasteiger charge is 2.11. The van der Waals surface area contributed by atoms with Gasteiger partial charge in [0.15, 0.2) is 0 Å².